The molecule has 1 aliphatic rings. The normalized spacial score (nSPS) is 18.6. The SMILES string of the molecule is N#CC(c1ccc(F)c(C(F)(F)F)c1)N1CCNCC1. The van der Waals surface area contributed by atoms with Crippen LogP contribution in [0.5, 0.6) is 0 Å². The molecule has 2 rings (SSSR count). The van der Waals surface area contributed by atoms with E-state index >= 15 is 0 Å². The van der Waals surface area contributed by atoms with Crippen LogP contribution in [0.1, 0.15) is 17.2 Å². The first-order valence-corrected chi connectivity index (χ1v) is 6.14. The van der Waals surface area contributed by atoms with Gasteiger partial charge in [-0.25, -0.2) is 4.39 Å². The van der Waals surface area contributed by atoms with Crippen LogP contribution in [-0.2, 0) is 6.18 Å². The molecule has 1 fully saturated rings. The Balaban J connectivity index is 2.33. The smallest absolute Gasteiger partial charge is 0.314 e. The number of halogens is 4. The van der Waals surface area contributed by atoms with Gasteiger partial charge in [0.05, 0.1) is 11.6 Å². The summed E-state index contributed by atoms with van der Waals surface area (Å²) < 4.78 is 51.3. The maximum Gasteiger partial charge on any atom is 0.419 e. The zero-order valence-electron chi connectivity index (χ0n) is 10.5. The third-order valence-electron chi connectivity index (χ3n) is 3.25. The van der Waals surface area contributed by atoms with E-state index in [0.717, 1.165) is 12.1 Å². The van der Waals surface area contributed by atoms with Crippen LogP contribution in [0.2, 0.25) is 0 Å². The monoisotopic (exact) mass is 287 g/mol. The molecule has 0 radical (unpaired) electrons. The Bertz CT molecular complexity index is 515. The first kappa shape index (κ1) is 14.8. The number of piperazine rings is 1. The maximum atomic E-state index is 13.2. The van der Waals surface area contributed by atoms with Crippen LogP contribution < -0.4 is 5.32 Å². The lowest BCUT2D eigenvalue weighted by Crippen LogP contribution is -2.44. The number of nitrogens with zero attached hydrogens (tertiary/aromatic N) is 2. The number of nitriles is 1. The fourth-order valence-corrected chi connectivity index (χ4v) is 2.24. The fourth-order valence-electron chi connectivity index (χ4n) is 2.24. The summed E-state index contributed by atoms with van der Waals surface area (Å²) in [7, 11) is 0. The zero-order valence-corrected chi connectivity index (χ0v) is 10.5. The Kier molecular flexibility index (Phi) is 4.26. The molecule has 0 bridgehead atoms. The Morgan fingerprint density at radius 2 is 1.90 bits per heavy atom. The van der Waals surface area contributed by atoms with Gasteiger partial charge in [-0.15, -0.1) is 0 Å². The molecule has 108 valence electrons. The van der Waals surface area contributed by atoms with Crippen molar-refractivity contribution in [2.75, 3.05) is 26.2 Å². The molecule has 0 aromatic heterocycles. The quantitative estimate of drug-likeness (QED) is 0.848. The van der Waals surface area contributed by atoms with Gasteiger partial charge in [0.2, 0.25) is 0 Å². The zero-order chi connectivity index (χ0) is 14.8. The minimum absolute atomic E-state index is 0.170. The summed E-state index contributed by atoms with van der Waals surface area (Å²) in [5, 5.41) is 12.3. The number of hydrogen-bond donors (Lipinski definition) is 1. The van der Waals surface area contributed by atoms with E-state index in [4.69, 9.17) is 0 Å². The summed E-state index contributed by atoms with van der Waals surface area (Å²) in [6, 6.07) is 3.93. The minimum atomic E-state index is -4.76. The molecular formula is C13H13F4N3. The molecule has 0 aliphatic carbocycles. The average Bonchev–Trinajstić information content (AvgIpc) is 2.41. The molecule has 1 aromatic carbocycles. The molecule has 0 amide bonds. The van der Waals surface area contributed by atoms with Crippen LogP contribution >= 0.6 is 0 Å². The van der Waals surface area contributed by atoms with E-state index in [0.29, 0.717) is 26.2 Å². The summed E-state index contributed by atoms with van der Waals surface area (Å²) in [6.45, 7) is 2.48. The highest BCUT2D eigenvalue weighted by atomic mass is 19.4. The van der Waals surface area contributed by atoms with Crippen molar-refractivity contribution in [1.29, 1.82) is 5.26 Å². The van der Waals surface area contributed by atoms with Gasteiger partial charge in [-0.3, -0.25) is 4.90 Å². The predicted molar refractivity (Wildman–Crippen MR) is 64.2 cm³/mol. The number of nitrogens with one attached hydrogen (secondary N) is 1. The highest BCUT2D eigenvalue weighted by Gasteiger charge is 2.35. The summed E-state index contributed by atoms with van der Waals surface area (Å²) in [5.41, 5.74) is -1.16. The summed E-state index contributed by atoms with van der Waals surface area (Å²) in [6.07, 6.45) is -4.76. The van der Waals surface area contributed by atoms with E-state index in [9.17, 15) is 22.8 Å². The Labute approximate surface area is 113 Å². The minimum Gasteiger partial charge on any atom is -0.314 e. The van der Waals surface area contributed by atoms with Crippen LogP contribution in [-0.4, -0.2) is 31.1 Å². The van der Waals surface area contributed by atoms with E-state index < -0.39 is 23.6 Å². The van der Waals surface area contributed by atoms with Gasteiger partial charge < -0.3 is 5.32 Å². The summed E-state index contributed by atoms with van der Waals surface area (Å²) in [5.74, 6) is -1.32. The number of alkyl halides is 3. The van der Waals surface area contributed by atoms with Gasteiger partial charge in [-0.1, -0.05) is 6.07 Å². The lowest BCUT2D eigenvalue weighted by atomic mass is 10.0. The summed E-state index contributed by atoms with van der Waals surface area (Å²) >= 11 is 0. The van der Waals surface area contributed by atoms with E-state index in [1.54, 1.807) is 4.90 Å². The molecule has 1 aromatic rings. The van der Waals surface area contributed by atoms with Crippen molar-refractivity contribution >= 4 is 0 Å². The number of benzene rings is 1. The second kappa shape index (κ2) is 5.77. The highest BCUT2D eigenvalue weighted by Crippen LogP contribution is 2.33. The third kappa shape index (κ3) is 3.08. The molecule has 1 aliphatic heterocycles. The first-order chi connectivity index (χ1) is 9.43. The van der Waals surface area contributed by atoms with Gasteiger partial charge in [0.25, 0.3) is 0 Å². The number of rotatable bonds is 2. The van der Waals surface area contributed by atoms with Gasteiger partial charge in [0.15, 0.2) is 0 Å². The lowest BCUT2D eigenvalue weighted by molar-refractivity contribution is -0.140. The molecular weight excluding hydrogens is 274 g/mol. The van der Waals surface area contributed by atoms with Crippen molar-refractivity contribution in [1.82, 2.24) is 10.2 Å². The maximum absolute atomic E-state index is 13.2. The third-order valence-corrected chi connectivity index (χ3v) is 3.25. The molecule has 7 heteroatoms. The number of hydrogen-bond acceptors (Lipinski definition) is 3. The van der Waals surface area contributed by atoms with Crippen molar-refractivity contribution in [3.05, 3.63) is 35.1 Å². The highest BCUT2D eigenvalue weighted by molar-refractivity contribution is 5.32. The van der Waals surface area contributed by atoms with Gasteiger partial charge in [0, 0.05) is 26.2 Å². The van der Waals surface area contributed by atoms with Crippen LogP contribution in [0.3, 0.4) is 0 Å². The molecule has 1 N–H and O–H groups in total. The molecule has 0 saturated carbocycles. The van der Waals surface area contributed by atoms with Crippen LogP contribution in [0.25, 0.3) is 0 Å². The largest absolute Gasteiger partial charge is 0.419 e. The Morgan fingerprint density at radius 1 is 1.25 bits per heavy atom. The van der Waals surface area contributed by atoms with Gasteiger partial charge in [-0.05, 0) is 17.7 Å². The average molecular weight is 287 g/mol. The second-order valence-corrected chi connectivity index (χ2v) is 4.55. The topological polar surface area (TPSA) is 39.1 Å². The summed E-state index contributed by atoms with van der Waals surface area (Å²) in [4.78, 5) is 1.78. The van der Waals surface area contributed by atoms with Crippen LogP contribution in [0.15, 0.2) is 18.2 Å². The van der Waals surface area contributed by atoms with E-state index in [1.165, 1.54) is 6.07 Å². The Hall–Kier alpha value is -1.65. The molecule has 1 heterocycles. The first-order valence-electron chi connectivity index (χ1n) is 6.14. The molecule has 20 heavy (non-hydrogen) atoms. The van der Waals surface area contributed by atoms with Crippen molar-refractivity contribution in [3.8, 4) is 6.07 Å². The predicted octanol–water partition coefficient (Wildman–Crippen LogP) is 2.31. The van der Waals surface area contributed by atoms with Gasteiger partial charge in [-0.2, -0.15) is 18.4 Å². The van der Waals surface area contributed by atoms with E-state index in [-0.39, 0.29) is 5.56 Å². The van der Waals surface area contributed by atoms with Crippen molar-refractivity contribution in [2.24, 2.45) is 0 Å². The van der Waals surface area contributed by atoms with E-state index in [2.05, 4.69) is 5.32 Å². The van der Waals surface area contributed by atoms with Crippen LogP contribution in [0.4, 0.5) is 17.6 Å². The second-order valence-electron chi connectivity index (χ2n) is 4.55. The van der Waals surface area contributed by atoms with Crippen molar-refractivity contribution in [3.63, 3.8) is 0 Å². The van der Waals surface area contributed by atoms with Gasteiger partial charge in [0.1, 0.15) is 11.9 Å². The molecule has 1 unspecified atom stereocenters. The van der Waals surface area contributed by atoms with Crippen molar-refractivity contribution in [2.45, 2.75) is 12.2 Å². The fraction of sp³-hybridized carbons (Fsp3) is 0.462. The molecule has 0 spiro atoms. The van der Waals surface area contributed by atoms with Gasteiger partial charge >= 0.3 is 6.18 Å². The van der Waals surface area contributed by atoms with Crippen LogP contribution in [0, 0.1) is 17.1 Å². The standard InChI is InChI=1S/C13H13F4N3/c14-11-2-1-9(7-10(11)13(15,16)17)12(8-18)20-5-3-19-4-6-20/h1-2,7,12,19H,3-6H2. The molecule has 1 atom stereocenters. The molecule has 3 nitrogen and oxygen atoms in total. The lowest BCUT2D eigenvalue weighted by Gasteiger charge is -2.31. The van der Waals surface area contributed by atoms with E-state index in [1.807, 2.05) is 6.07 Å². The molecule has 1 saturated heterocycles. The van der Waals surface area contributed by atoms with Crippen molar-refractivity contribution < 1.29 is 17.6 Å². The Morgan fingerprint density at radius 3 is 2.45 bits per heavy atom.